The van der Waals surface area contributed by atoms with Crippen LogP contribution in [0.15, 0.2) is 59.1 Å². The van der Waals surface area contributed by atoms with Gasteiger partial charge in [0.05, 0.1) is 33.9 Å². The smallest absolute Gasteiger partial charge is 0.335 e. The molecule has 6 rings (SSSR count). The molecule has 0 unspecified atom stereocenters. The van der Waals surface area contributed by atoms with Crippen LogP contribution in [0.25, 0.3) is 11.3 Å². The van der Waals surface area contributed by atoms with E-state index in [9.17, 15) is 15.0 Å². The van der Waals surface area contributed by atoms with Crippen LogP contribution in [0.1, 0.15) is 75.9 Å². The van der Waals surface area contributed by atoms with E-state index < -0.39 is 11.6 Å². The van der Waals surface area contributed by atoms with Crippen LogP contribution in [-0.4, -0.2) is 28.4 Å². The van der Waals surface area contributed by atoms with Crippen LogP contribution < -0.4 is 9.47 Å². The predicted octanol–water partition coefficient (Wildman–Crippen LogP) is 7.89. The molecule has 212 valence electrons. The molecule has 0 bridgehead atoms. The van der Waals surface area contributed by atoms with E-state index in [0.717, 1.165) is 40.9 Å². The summed E-state index contributed by atoms with van der Waals surface area (Å²) in [5.74, 6) is 1.24. The molecule has 9 heteroatoms. The molecule has 2 N–H and O–H groups in total. The Bertz CT molecular complexity index is 1620. The van der Waals surface area contributed by atoms with E-state index in [-0.39, 0.29) is 18.1 Å². The van der Waals surface area contributed by atoms with Crippen molar-refractivity contribution in [2.75, 3.05) is 7.11 Å². The normalized spacial score (nSPS) is 20.0. The molecular weight excluding hydrogens is 565 g/mol. The molecule has 2 fully saturated rings. The largest absolute Gasteiger partial charge is 0.496 e. The number of ether oxygens (including phenoxy) is 2. The maximum absolute atomic E-state index is 11.5. The summed E-state index contributed by atoms with van der Waals surface area (Å²) in [6, 6.07) is 15.8. The topological polar surface area (TPSA) is 102 Å². The van der Waals surface area contributed by atoms with Crippen molar-refractivity contribution in [1.82, 2.24) is 5.16 Å². The lowest BCUT2D eigenvalue weighted by atomic mass is 9.64. The minimum absolute atomic E-state index is 0.0673. The third kappa shape index (κ3) is 5.18. The number of aromatic nitrogens is 1. The molecule has 0 amide bonds. The number of rotatable bonds is 9. The summed E-state index contributed by atoms with van der Waals surface area (Å²) in [6.45, 7) is 2.22. The summed E-state index contributed by atoms with van der Waals surface area (Å²) in [7, 11) is 1.55. The lowest BCUT2D eigenvalue weighted by molar-refractivity contribution is -0.0553. The van der Waals surface area contributed by atoms with Gasteiger partial charge in [-0.3, -0.25) is 0 Å². The predicted molar refractivity (Wildman–Crippen MR) is 155 cm³/mol. The molecule has 2 saturated carbocycles. The van der Waals surface area contributed by atoms with Crippen LogP contribution in [-0.2, 0) is 12.2 Å². The average molecular weight is 594 g/mol. The fourth-order valence-electron chi connectivity index (χ4n) is 5.76. The van der Waals surface area contributed by atoms with Crippen molar-refractivity contribution in [3.8, 4) is 22.8 Å². The number of aryl methyl sites for hydroxylation is 1. The number of halogens is 2. The number of nitrogens with zero attached hydrogens (tertiary/aromatic N) is 1. The van der Waals surface area contributed by atoms with Gasteiger partial charge in [0.1, 0.15) is 29.6 Å². The molecule has 0 atom stereocenters. The number of carbonyl (C=O) groups is 1. The average Bonchev–Trinajstić information content (AvgIpc) is 3.69. The Morgan fingerprint density at radius 3 is 2.51 bits per heavy atom. The number of methoxy groups -OCH3 is 1. The molecule has 0 spiro atoms. The van der Waals surface area contributed by atoms with Gasteiger partial charge in [0, 0.05) is 17.0 Å². The van der Waals surface area contributed by atoms with Crippen molar-refractivity contribution < 1.29 is 29.0 Å². The van der Waals surface area contributed by atoms with Crippen LogP contribution >= 0.6 is 23.2 Å². The standard InChI is InChI=1S/C32H29Cl2NO6/c1-17-4-3-5-25(33)28(17)29-23(30(41-35-29)18-6-7-18)16-40-21-9-10-24(26(34)13-21)32(38)14-20(15-32)22-12-19(31(36)37)8-11-27(22)39-2/h3-5,8-13,18,20,38H,6-7,14-16H2,1-2H3,(H,36,37)/t20-,32+. The first kappa shape index (κ1) is 27.6. The summed E-state index contributed by atoms with van der Waals surface area (Å²) in [6.07, 6.45) is 2.88. The van der Waals surface area contributed by atoms with E-state index in [1.807, 2.05) is 25.1 Å². The van der Waals surface area contributed by atoms with Gasteiger partial charge in [0.25, 0.3) is 0 Å². The first-order chi connectivity index (χ1) is 19.7. The highest BCUT2D eigenvalue weighted by Crippen LogP contribution is 2.54. The number of benzene rings is 3. The summed E-state index contributed by atoms with van der Waals surface area (Å²) in [5, 5.41) is 26.2. The number of carboxylic acids is 1. The third-order valence-electron chi connectivity index (χ3n) is 8.14. The van der Waals surface area contributed by atoms with Gasteiger partial charge < -0.3 is 24.2 Å². The van der Waals surface area contributed by atoms with Crippen LogP contribution in [0, 0.1) is 6.92 Å². The maximum atomic E-state index is 11.5. The zero-order valence-corrected chi connectivity index (χ0v) is 24.1. The van der Waals surface area contributed by atoms with Crippen molar-refractivity contribution in [1.29, 1.82) is 0 Å². The van der Waals surface area contributed by atoms with E-state index in [0.29, 0.717) is 51.6 Å². The first-order valence-electron chi connectivity index (χ1n) is 13.5. The highest BCUT2D eigenvalue weighted by Gasteiger charge is 2.46. The molecule has 1 aromatic heterocycles. The number of hydrogen-bond donors (Lipinski definition) is 2. The fraction of sp³-hybridized carbons (Fsp3) is 0.312. The van der Waals surface area contributed by atoms with Gasteiger partial charge in [0.2, 0.25) is 0 Å². The Labute approximate surface area is 247 Å². The SMILES string of the molecule is COc1ccc(C(=O)O)cc1[C@H]1C[C@](O)(c2ccc(OCc3c(-c4c(C)cccc4Cl)noc3C3CC3)cc2Cl)C1. The minimum atomic E-state index is -1.15. The van der Waals surface area contributed by atoms with Crippen molar-refractivity contribution in [3.63, 3.8) is 0 Å². The molecule has 41 heavy (non-hydrogen) atoms. The quantitative estimate of drug-likeness (QED) is 0.203. The van der Waals surface area contributed by atoms with Crippen molar-refractivity contribution >= 4 is 29.2 Å². The fourth-order valence-corrected chi connectivity index (χ4v) is 6.41. The van der Waals surface area contributed by atoms with Crippen LogP contribution in [0.3, 0.4) is 0 Å². The molecule has 2 aliphatic rings. The molecule has 0 aliphatic heterocycles. The van der Waals surface area contributed by atoms with Gasteiger partial charge in [-0.15, -0.1) is 0 Å². The monoisotopic (exact) mass is 593 g/mol. The Kier molecular flexibility index (Phi) is 7.22. The van der Waals surface area contributed by atoms with Crippen molar-refractivity contribution in [2.24, 2.45) is 0 Å². The second-order valence-electron chi connectivity index (χ2n) is 10.9. The third-order valence-corrected chi connectivity index (χ3v) is 8.76. The minimum Gasteiger partial charge on any atom is -0.496 e. The number of hydrogen-bond acceptors (Lipinski definition) is 6. The summed E-state index contributed by atoms with van der Waals surface area (Å²) in [5.41, 5.74) is 3.81. The molecule has 4 aromatic rings. The Morgan fingerprint density at radius 1 is 1.07 bits per heavy atom. The van der Waals surface area contributed by atoms with Gasteiger partial charge in [-0.1, -0.05) is 46.6 Å². The van der Waals surface area contributed by atoms with E-state index in [4.69, 9.17) is 37.2 Å². The number of aromatic carboxylic acids is 1. The molecule has 1 heterocycles. The summed E-state index contributed by atoms with van der Waals surface area (Å²) < 4.78 is 17.4. The highest BCUT2D eigenvalue weighted by molar-refractivity contribution is 6.33. The molecule has 2 aliphatic carbocycles. The summed E-state index contributed by atoms with van der Waals surface area (Å²) in [4.78, 5) is 11.5. The lowest BCUT2D eigenvalue weighted by Crippen LogP contribution is -2.40. The van der Waals surface area contributed by atoms with E-state index >= 15 is 0 Å². The van der Waals surface area contributed by atoms with Crippen molar-refractivity contribution in [3.05, 3.63) is 98.2 Å². The Balaban J connectivity index is 1.20. The van der Waals surface area contributed by atoms with E-state index in [1.54, 1.807) is 37.4 Å². The number of aliphatic hydroxyl groups is 1. The molecule has 7 nitrogen and oxygen atoms in total. The van der Waals surface area contributed by atoms with Crippen LogP contribution in [0.4, 0.5) is 0 Å². The molecule has 3 aromatic carbocycles. The zero-order valence-electron chi connectivity index (χ0n) is 22.6. The van der Waals surface area contributed by atoms with Gasteiger partial charge in [-0.2, -0.15) is 0 Å². The highest BCUT2D eigenvalue weighted by atomic mass is 35.5. The molecule has 0 saturated heterocycles. The molecule has 0 radical (unpaired) electrons. The van der Waals surface area contributed by atoms with Gasteiger partial charge >= 0.3 is 5.97 Å². The Morgan fingerprint density at radius 2 is 1.85 bits per heavy atom. The first-order valence-corrected chi connectivity index (χ1v) is 14.2. The Hall–Kier alpha value is -3.52. The van der Waals surface area contributed by atoms with E-state index in [2.05, 4.69) is 5.16 Å². The van der Waals surface area contributed by atoms with Crippen molar-refractivity contribution in [2.45, 2.75) is 56.7 Å². The van der Waals surface area contributed by atoms with E-state index in [1.165, 1.54) is 6.07 Å². The zero-order chi connectivity index (χ0) is 28.9. The molecular formula is C32H29Cl2NO6. The van der Waals surface area contributed by atoms with Crippen LogP contribution in [0.2, 0.25) is 10.0 Å². The second-order valence-corrected chi connectivity index (χ2v) is 11.7. The van der Waals surface area contributed by atoms with Crippen LogP contribution in [0.5, 0.6) is 11.5 Å². The van der Waals surface area contributed by atoms with Gasteiger partial charge in [-0.05, 0) is 86.1 Å². The summed E-state index contributed by atoms with van der Waals surface area (Å²) >= 11 is 13.2. The lowest BCUT2D eigenvalue weighted by Gasteiger charge is -2.45. The second kappa shape index (κ2) is 10.7. The van der Waals surface area contributed by atoms with Gasteiger partial charge in [0.15, 0.2) is 0 Å². The number of carboxylic acid groups (broad SMARTS) is 1. The maximum Gasteiger partial charge on any atom is 0.335 e. The van der Waals surface area contributed by atoms with Gasteiger partial charge in [-0.25, -0.2) is 4.79 Å².